The lowest BCUT2D eigenvalue weighted by Crippen LogP contribution is -2.19. The van der Waals surface area contributed by atoms with Crippen LogP contribution in [-0.2, 0) is 0 Å². The third kappa shape index (κ3) is 4.38. The maximum absolute atomic E-state index is 11.6. The molecule has 3 aromatic rings. The van der Waals surface area contributed by atoms with Crippen molar-refractivity contribution in [3.63, 3.8) is 0 Å². The first-order valence-electron chi connectivity index (χ1n) is 9.78. The Kier molecular flexibility index (Phi) is 5.62. The number of rotatable bonds is 6. The second kappa shape index (κ2) is 8.67. The Bertz CT molecular complexity index is 1170. The fourth-order valence-corrected chi connectivity index (χ4v) is 3.60. The van der Waals surface area contributed by atoms with Crippen molar-refractivity contribution in [1.82, 2.24) is 0 Å². The van der Waals surface area contributed by atoms with E-state index in [1.54, 1.807) is 11.1 Å². The van der Waals surface area contributed by atoms with Gasteiger partial charge in [-0.2, -0.15) is 5.10 Å². The molecule has 0 spiro atoms. The Morgan fingerprint density at radius 2 is 1.48 bits per heavy atom. The van der Waals surface area contributed by atoms with Gasteiger partial charge in [0.15, 0.2) is 0 Å². The van der Waals surface area contributed by atoms with Gasteiger partial charge in [0.2, 0.25) is 0 Å². The number of benzene rings is 3. The van der Waals surface area contributed by atoms with Gasteiger partial charge in [-0.15, -0.1) is 0 Å². The van der Waals surface area contributed by atoms with Crippen LogP contribution in [0.5, 0.6) is 0 Å². The lowest BCUT2D eigenvalue weighted by Gasteiger charge is -2.24. The minimum absolute atomic E-state index is 0.131. The quantitative estimate of drug-likeness (QED) is 0.588. The van der Waals surface area contributed by atoms with Crippen LogP contribution in [-0.4, -0.2) is 27.9 Å². The van der Waals surface area contributed by atoms with Crippen molar-refractivity contribution < 1.29 is 19.8 Å². The summed E-state index contributed by atoms with van der Waals surface area (Å²) in [5, 5.41) is 25.3. The summed E-state index contributed by atoms with van der Waals surface area (Å²) in [6, 6.07) is 23.9. The molecule has 31 heavy (non-hydrogen) atoms. The molecule has 3 aromatic carbocycles. The summed E-state index contributed by atoms with van der Waals surface area (Å²) >= 11 is 0. The van der Waals surface area contributed by atoms with E-state index in [1.807, 2.05) is 72.8 Å². The molecule has 0 bridgehead atoms. The Balaban J connectivity index is 1.73. The zero-order valence-electron chi connectivity index (χ0n) is 16.6. The maximum atomic E-state index is 11.6. The Hall–Kier alpha value is -4.19. The fourth-order valence-electron chi connectivity index (χ4n) is 3.60. The molecule has 0 aromatic heterocycles. The molecule has 154 valence electrons. The van der Waals surface area contributed by atoms with Crippen molar-refractivity contribution >= 4 is 29.4 Å². The SMILES string of the molecule is O=C(O)c1ccc(N2N=C(/C=C/c3ccccc3)C[C@@H]2c2ccccc2)cc1C(=O)O. The zero-order chi connectivity index (χ0) is 21.8. The van der Waals surface area contributed by atoms with E-state index in [-0.39, 0.29) is 17.2 Å². The average Bonchev–Trinajstić information content (AvgIpc) is 3.23. The fraction of sp³-hybridized carbons (Fsp3) is 0.0800. The summed E-state index contributed by atoms with van der Waals surface area (Å²) in [5.74, 6) is -2.57. The highest BCUT2D eigenvalue weighted by atomic mass is 16.4. The molecule has 0 aliphatic carbocycles. The highest BCUT2D eigenvalue weighted by Gasteiger charge is 2.29. The first-order chi connectivity index (χ1) is 15.0. The number of carbonyl (C=O) groups is 2. The number of carboxylic acids is 2. The number of carboxylic acid groups (broad SMARTS) is 2. The molecule has 1 heterocycles. The van der Waals surface area contributed by atoms with Gasteiger partial charge >= 0.3 is 11.9 Å². The Morgan fingerprint density at radius 1 is 0.839 bits per heavy atom. The van der Waals surface area contributed by atoms with Gasteiger partial charge in [0.1, 0.15) is 0 Å². The third-order valence-electron chi connectivity index (χ3n) is 5.11. The van der Waals surface area contributed by atoms with Crippen LogP contribution in [0.15, 0.2) is 90.0 Å². The third-order valence-corrected chi connectivity index (χ3v) is 5.11. The number of allylic oxidation sites excluding steroid dienone is 1. The summed E-state index contributed by atoms with van der Waals surface area (Å²) in [4.78, 5) is 23.0. The number of hydrazone groups is 1. The van der Waals surface area contributed by atoms with Crippen LogP contribution in [0.3, 0.4) is 0 Å². The van der Waals surface area contributed by atoms with E-state index in [9.17, 15) is 19.8 Å². The van der Waals surface area contributed by atoms with Gasteiger partial charge < -0.3 is 10.2 Å². The van der Waals surface area contributed by atoms with Gasteiger partial charge in [-0.1, -0.05) is 66.7 Å². The number of nitrogens with zero attached hydrogens (tertiary/aromatic N) is 2. The molecule has 1 aliphatic heterocycles. The predicted molar refractivity (Wildman–Crippen MR) is 120 cm³/mol. The standard InChI is InChI=1S/C25H20N2O4/c28-24(29)21-14-13-20(16-22(21)25(30)31)27-23(18-9-5-2-6-10-18)15-19(26-27)12-11-17-7-3-1-4-8-17/h1-14,16,23H,15H2,(H,28,29)(H,30,31)/b12-11+/t23-/m1/s1. The van der Waals surface area contributed by atoms with Crippen LogP contribution in [0.25, 0.3) is 6.08 Å². The number of anilines is 1. The summed E-state index contributed by atoms with van der Waals surface area (Å²) in [5.41, 5.74) is 2.95. The van der Waals surface area contributed by atoms with Crippen LogP contribution < -0.4 is 5.01 Å². The summed E-state index contributed by atoms with van der Waals surface area (Å²) < 4.78 is 0. The molecule has 0 saturated heterocycles. The van der Waals surface area contributed by atoms with Crippen molar-refractivity contribution in [3.8, 4) is 0 Å². The minimum atomic E-state index is -1.29. The number of hydrogen-bond acceptors (Lipinski definition) is 4. The van der Waals surface area contributed by atoms with Crippen LogP contribution in [0.4, 0.5) is 5.69 Å². The molecule has 1 atom stereocenters. The van der Waals surface area contributed by atoms with Crippen molar-refractivity contribution in [2.45, 2.75) is 12.5 Å². The highest BCUT2D eigenvalue weighted by molar-refractivity contribution is 6.03. The lowest BCUT2D eigenvalue weighted by molar-refractivity contribution is 0.0651. The number of aromatic carboxylic acids is 2. The van der Waals surface area contributed by atoms with E-state index in [4.69, 9.17) is 5.10 Å². The minimum Gasteiger partial charge on any atom is -0.478 e. The van der Waals surface area contributed by atoms with Crippen molar-refractivity contribution in [3.05, 3.63) is 107 Å². The van der Waals surface area contributed by atoms with Gasteiger partial charge in [-0.3, -0.25) is 5.01 Å². The maximum Gasteiger partial charge on any atom is 0.336 e. The summed E-state index contributed by atoms with van der Waals surface area (Å²) in [7, 11) is 0. The molecular formula is C25H20N2O4. The molecule has 6 nitrogen and oxygen atoms in total. The lowest BCUT2D eigenvalue weighted by atomic mass is 10.00. The predicted octanol–water partition coefficient (Wildman–Crippen LogP) is 5.10. The average molecular weight is 412 g/mol. The van der Waals surface area contributed by atoms with Gasteiger partial charge in [0.05, 0.1) is 28.6 Å². The number of hydrogen-bond donors (Lipinski definition) is 2. The van der Waals surface area contributed by atoms with E-state index in [0.717, 1.165) is 16.8 Å². The largest absolute Gasteiger partial charge is 0.478 e. The smallest absolute Gasteiger partial charge is 0.336 e. The van der Waals surface area contributed by atoms with Crippen LogP contribution in [0.2, 0.25) is 0 Å². The first-order valence-corrected chi connectivity index (χ1v) is 9.78. The van der Waals surface area contributed by atoms with E-state index >= 15 is 0 Å². The van der Waals surface area contributed by atoms with E-state index in [0.29, 0.717) is 12.1 Å². The highest BCUT2D eigenvalue weighted by Crippen LogP contribution is 2.36. The topological polar surface area (TPSA) is 90.2 Å². The monoisotopic (exact) mass is 412 g/mol. The molecule has 6 heteroatoms. The molecule has 0 unspecified atom stereocenters. The molecule has 0 fully saturated rings. The first kappa shape index (κ1) is 20.1. The summed E-state index contributed by atoms with van der Waals surface area (Å²) in [6.45, 7) is 0. The molecule has 0 amide bonds. The van der Waals surface area contributed by atoms with Gasteiger partial charge in [-0.25, -0.2) is 9.59 Å². The Morgan fingerprint density at radius 3 is 2.13 bits per heavy atom. The second-order valence-electron chi connectivity index (χ2n) is 7.15. The Labute approximate surface area is 179 Å². The molecule has 0 radical (unpaired) electrons. The molecule has 0 saturated carbocycles. The van der Waals surface area contributed by atoms with Crippen molar-refractivity contribution in [1.29, 1.82) is 0 Å². The van der Waals surface area contributed by atoms with Crippen LogP contribution in [0, 0.1) is 0 Å². The van der Waals surface area contributed by atoms with Crippen molar-refractivity contribution in [2.75, 3.05) is 5.01 Å². The van der Waals surface area contributed by atoms with E-state index < -0.39 is 11.9 Å². The summed E-state index contributed by atoms with van der Waals surface area (Å²) in [6.07, 6.45) is 4.58. The van der Waals surface area contributed by atoms with Gasteiger partial charge in [-0.05, 0) is 35.4 Å². The normalized spacial score (nSPS) is 15.8. The molecule has 1 aliphatic rings. The zero-order valence-corrected chi connectivity index (χ0v) is 16.6. The van der Waals surface area contributed by atoms with Crippen LogP contribution in [0.1, 0.15) is 44.3 Å². The van der Waals surface area contributed by atoms with E-state index in [1.165, 1.54) is 12.1 Å². The van der Waals surface area contributed by atoms with Gasteiger partial charge in [0, 0.05) is 6.42 Å². The van der Waals surface area contributed by atoms with Crippen LogP contribution >= 0.6 is 0 Å². The second-order valence-corrected chi connectivity index (χ2v) is 7.15. The molecular weight excluding hydrogens is 392 g/mol. The van der Waals surface area contributed by atoms with E-state index in [2.05, 4.69) is 0 Å². The van der Waals surface area contributed by atoms with Gasteiger partial charge in [0.25, 0.3) is 0 Å². The van der Waals surface area contributed by atoms with Crippen molar-refractivity contribution in [2.24, 2.45) is 5.10 Å². The molecule has 2 N–H and O–H groups in total. The molecule has 4 rings (SSSR count).